The summed E-state index contributed by atoms with van der Waals surface area (Å²) in [6.07, 6.45) is 0.570. The molecule has 0 spiro atoms. The van der Waals surface area contributed by atoms with Crippen molar-refractivity contribution >= 4 is 27.5 Å². The lowest BCUT2D eigenvalue weighted by molar-refractivity contribution is 0.112. The molecule has 0 saturated carbocycles. The zero-order valence-electron chi connectivity index (χ0n) is 8.16. The second-order valence-electron chi connectivity index (χ2n) is 3.08. The van der Waals surface area contributed by atoms with Crippen molar-refractivity contribution in [3.8, 4) is 0 Å². The largest absolute Gasteiger partial charge is 0.297 e. The van der Waals surface area contributed by atoms with Crippen LogP contribution in [0.1, 0.15) is 9.67 Å². The van der Waals surface area contributed by atoms with Gasteiger partial charge in [-0.15, -0.1) is 11.3 Å². The lowest BCUT2D eigenvalue weighted by Gasteiger charge is -2.02. The molecule has 0 aliphatic carbocycles. The van der Waals surface area contributed by atoms with Gasteiger partial charge < -0.3 is 0 Å². The third-order valence-corrected chi connectivity index (χ3v) is 4.91. The van der Waals surface area contributed by atoms with Crippen LogP contribution in [0, 0.1) is 0 Å². The summed E-state index contributed by atoms with van der Waals surface area (Å²) in [4.78, 5) is 11.2. The first-order chi connectivity index (χ1) is 7.66. The van der Waals surface area contributed by atoms with E-state index in [4.69, 9.17) is 0 Å². The van der Waals surface area contributed by atoms with E-state index < -0.39 is 9.84 Å². The Labute approximate surface area is 97.3 Å². The first-order valence-corrected chi connectivity index (χ1v) is 6.85. The fourth-order valence-electron chi connectivity index (χ4n) is 1.34. The van der Waals surface area contributed by atoms with Gasteiger partial charge in [0.15, 0.2) is 6.29 Å². The van der Waals surface area contributed by atoms with Crippen LogP contribution in [0.5, 0.6) is 0 Å². The van der Waals surface area contributed by atoms with Crippen LogP contribution in [-0.2, 0) is 9.84 Å². The quantitative estimate of drug-likeness (QED) is 0.788. The van der Waals surface area contributed by atoms with E-state index in [2.05, 4.69) is 0 Å². The molecule has 0 bridgehead atoms. The van der Waals surface area contributed by atoms with E-state index in [1.54, 1.807) is 23.6 Å². The van der Waals surface area contributed by atoms with Crippen molar-refractivity contribution in [2.75, 3.05) is 0 Å². The predicted molar refractivity (Wildman–Crippen MR) is 61.6 cm³/mol. The minimum absolute atomic E-state index is 0.0821. The van der Waals surface area contributed by atoms with Gasteiger partial charge in [0.05, 0.1) is 14.7 Å². The van der Waals surface area contributed by atoms with Gasteiger partial charge in [-0.3, -0.25) is 4.79 Å². The number of sulfone groups is 1. The molecule has 0 aliphatic rings. The Morgan fingerprint density at radius 2 is 1.75 bits per heavy atom. The average Bonchev–Trinajstić information content (AvgIpc) is 2.79. The van der Waals surface area contributed by atoms with Crippen LogP contribution in [-0.4, -0.2) is 14.7 Å². The molecular formula is C11H8O3S2. The molecule has 2 rings (SSSR count). The predicted octanol–water partition coefficient (Wildman–Crippen LogP) is 2.39. The molecule has 0 atom stereocenters. The van der Waals surface area contributed by atoms with E-state index in [1.165, 1.54) is 18.2 Å². The molecule has 0 radical (unpaired) electrons. The summed E-state index contributed by atoms with van der Waals surface area (Å²) in [5.41, 5.74) is 0. The molecule has 1 aromatic heterocycles. The summed E-state index contributed by atoms with van der Waals surface area (Å²) in [6, 6.07) is 9.53. The van der Waals surface area contributed by atoms with Gasteiger partial charge in [-0.05, 0) is 23.6 Å². The summed E-state index contributed by atoms with van der Waals surface area (Å²) in [5, 5.41) is 1.60. The summed E-state index contributed by atoms with van der Waals surface area (Å²) < 4.78 is 24.2. The van der Waals surface area contributed by atoms with Crippen molar-refractivity contribution < 1.29 is 13.2 Å². The van der Waals surface area contributed by atoms with Crippen molar-refractivity contribution in [1.82, 2.24) is 0 Å². The molecule has 0 saturated heterocycles. The number of rotatable bonds is 3. The lowest BCUT2D eigenvalue weighted by atomic mass is 10.4. The van der Waals surface area contributed by atoms with Crippen LogP contribution < -0.4 is 0 Å². The standard InChI is InChI=1S/C11H8O3S2/c12-8-10-11(6-7-15-10)16(13,14)9-4-2-1-3-5-9/h1-8H. The number of thiophene rings is 1. The van der Waals surface area contributed by atoms with Crippen molar-refractivity contribution in [3.63, 3.8) is 0 Å². The highest BCUT2D eigenvalue weighted by Gasteiger charge is 2.21. The van der Waals surface area contributed by atoms with Crippen LogP contribution in [0.15, 0.2) is 51.6 Å². The molecule has 1 aromatic carbocycles. The van der Waals surface area contributed by atoms with Crippen LogP contribution >= 0.6 is 11.3 Å². The molecule has 1 heterocycles. The summed E-state index contributed by atoms with van der Waals surface area (Å²) in [7, 11) is -3.56. The van der Waals surface area contributed by atoms with Crippen molar-refractivity contribution in [2.45, 2.75) is 9.79 Å². The maximum atomic E-state index is 12.1. The zero-order valence-corrected chi connectivity index (χ0v) is 9.79. The number of hydrogen-bond acceptors (Lipinski definition) is 4. The highest BCUT2D eigenvalue weighted by Crippen LogP contribution is 2.26. The minimum atomic E-state index is -3.56. The Morgan fingerprint density at radius 1 is 1.06 bits per heavy atom. The maximum absolute atomic E-state index is 12.1. The Bertz CT molecular complexity index is 597. The summed E-state index contributed by atoms with van der Waals surface area (Å²) in [6.45, 7) is 0. The number of benzene rings is 1. The van der Waals surface area contributed by atoms with E-state index >= 15 is 0 Å². The smallest absolute Gasteiger partial charge is 0.208 e. The minimum Gasteiger partial charge on any atom is -0.297 e. The third kappa shape index (κ3) is 1.79. The maximum Gasteiger partial charge on any atom is 0.208 e. The van der Waals surface area contributed by atoms with Gasteiger partial charge >= 0.3 is 0 Å². The number of carbonyl (C=O) groups is 1. The Morgan fingerprint density at radius 3 is 2.38 bits per heavy atom. The molecule has 0 aliphatic heterocycles. The topological polar surface area (TPSA) is 51.2 Å². The Hall–Kier alpha value is -1.46. The molecule has 0 N–H and O–H groups in total. The SMILES string of the molecule is O=Cc1sccc1S(=O)(=O)c1ccccc1. The molecule has 3 nitrogen and oxygen atoms in total. The highest BCUT2D eigenvalue weighted by molar-refractivity contribution is 7.91. The molecule has 0 amide bonds. The van der Waals surface area contributed by atoms with Gasteiger partial charge in [-0.25, -0.2) is 8.42 Å². The van der Waals surface area contributed by atoms with Crippen molar-refractivity contribution in [3.05, 3.63) is 46.7 Å². The van der Waals surface area contributed by atoms with Crippen molar-refractivity contribution in [2.24, 2.45) is 0 Å². The van der Waals surface area contributed by atoms with Crippen LogP contribution in [0.25, 0.3) is 0 Å². The van der Waals surface area contributed by atoms with E-state index in [0.29, 0.717) is 6.29 Å². The Kier molecular flexibility index (Phi) is 2.89. The monoisotopic (exact) mass is 252 g/mol. The molecule has 0 unspecified atom stereocenters. The van der Waals surface area contributed by atoms with E-state index in [-0.39, 0.29) is 14.7 Å². The fraction of sp³-hybridized carbons (Fsp3) is 0. The number of aldehydes is 1. The second kappa shape index (κ2) is 4.19. The summed E-state index contributed by atoms with van der Waals surface area (Å²) in [5.74, 6) is 0. The first-order valence-electron chi connectivity index (χ1n) is 4.49. The number of carbonyl (C=O) groups excluding carboxylic acids is 1. The fourth-order valence-corrected chi connectivity index (χ4v) is 3.82. The lowest BCUT2D eigenvalue weighted by Crippen LogP contribution is -2.02. The molecule has 16 heavy (non-hydrogen) atoms. The first kappa shape index (κ1) is 11.0. The van der Waals surface area contributed by atoms with Gasteiger partial charge in [-0.2, -0.15) is 0 Å². The van der Waals surface area contributed by atoms with E-state index in [0.717, 1.165) is 11.3 Å². The van der Waals surface area contributed by atoms with Gasteiger partial charge in [0.25, 0.3) is 0 Å². The second-order valence-corrected chi connectivity index (χ2v) is 5.95. The molecule has 0 fully saturated rings. The zero-order chi connectivity index (χ0) is 11.6. The van der Waals surface area contributed by atoms with Crippen LogP contribution in [0.2, 0.25) is 0 Å². The van der Waals surface area contributed by atoms with E-state index in [1.807, 2.05) is 0 Å². The van der Waals surface area contributed by atoms with Crippen LogP contribution in [0.3, 0.4) is 0 Å². The normalized spacial score (nSPS) is 11.2. The Balaban J connectivity index is 2.61. The van der Waals surface area contributed by atoms with Gasteiger partial charge in [0.2, 0.25) is 9.84 Å². The molecular weight excluding hydrogens is 244 g/mol. The molecule has 82 valence electrons. The highest BCUT2D eigenvalue weighted by atomic mass is 32.2. The molecule has 5 heteroatoms. The van der Waals surface area contributed by atoms with Gasteiger partial charge in [0, 0.05) is 0 Å². The summed E-state index contributed by atoms with van der Waals surface area (Å²) >= 11 is 1.12. The number of hydrogen-bond donors (Lipinski definition) is 0. The van der Waals surface area contributed by atoms with Gasteiger partial charge in [0.1, 0.15) is 0 Å². The van der Waals surface area contributed by atoms with Crippen molar-refractivity contribution in [1.29, 1.82) is 0 Å². The average molecular weight is 252 g/mol. The van der Waals surface area contributed by atoms with Gasteiger partial charge in [-0.1, -0.05) is 18.2 Å². The third-order valence-electron chi connectivity index (χ3n) is 2.11. The van der Waals surface area contributed by atoms with E-state index in [9.17, 15) is 13.2 Å². The van der Waals surface area contributed by atoms with Crippen LogP contribution in [0.4, 0.5) is 0 Å². The molecule has 2 aromatic rings.